The van der Waals surface area contributed by atoms with Crippen molar-refractivity contribution in [3.8, 4) is 0 Å². The Labute approximate surface area is 119 Å². The van der Waals surface area contributed by atoms with Crippen LogP contribution < -0.4 is 10.0 Å². The molecule has 2 heterocycles. The number of aromatic amines is 1. The minimum atomic E-state index is -3.52. The first kappa shape index (κ1) is 15.4. The second kappa shape index (κ2) is 6.66. The van der Waals surface area contributed by atoms with Crippen molar-refractivity contribution in [3.63, 3.8) is 0 Å². The third-order valence-electron chi connectivity index (χ3n) is 3.48. The molecule has 3 N–H and O–H groups in total. The third kappa shape index (κ3) is 3.57. The first-order valence-electron chi connectivity index (χ1n) is 6.80. The lowest BCUT2D eigenvalue weighted by molar-refractivity contribution is 0.0678. The summed E-state index contributed by atoms with van der Waals surface area (Å²) in [6.45, 7) is 4.01. The Morgan fingerprint density at radius 1 is 1.40 bits per heavy atom. The molecule has 0 bridgehead atoms. The van der Waals surface area contributed by atoms with Gasteiger partial charge >= 0.3 is 0 Å². The number of aromatic nitrogens is 2. The Morgan fingerprint density at radius 2 is 2.10 bits per heavy atom. The van der Waals surface area contributed by atoms with E-state index in [2.05, 4.69) is 20.2 Å². The third-order valence-corrected chi connectivity index (χ3v) is 5.10. The maximum atomic E-state index is 12.4. The highest BCUT2D eigenvalue weighted by Gasteiger charge is 2.25. The number of nitrogens with zero attached hydrogens (tertiary/aromatic N) is 1. The fourth-order valence-electron chi connectivity index (χ4n) is 2.36. The van der Waals surface area contributed by atoms with Crippen LogP contribution >= 0.6 is 0 Å². The van der Waals surface area contributed by atoms with Gasteiger partial charge in [-0.05, 0) is 32.7 Å². The SMILES string of the molecule is CNCc1n[nH]c(C)c1S(=O)(=O)NCC1CCOCC1. The summed E-state index contributed by atoms with van der Waals surface area (Å²) in [6, 6.07) is 0. The largest absolute Gasteiger partial charge is 0.381 e. The molecule has 0 amide bonds. The van der Waals surface area contributed by atoms with E-state index in [1.54, 1.807) is 14.0 Å². The zero-order valence-corrected chi connectivity index (χ0v) is 12.7. The van der Waals surface area contributed by atoms with Gasteiger partial charge < -0.3 is 10.1 Å². The average Bonchev–Trinajstić information content (AvgIpc) is 2.80. The number of aryl methyl sites for hydroxylation is 1. The van der Waals surface area contributed by atoms with E-state index in [4.69, 9.17) is 4.74 Å². The fourth-order valence-corrected chi connectivity index (χ4v) is 3.84. The molecule has 0 aromatic carbocycles. The number of H-pyrrole nitrogens is 1. The van der Waals surface area contributed by atoms with Crippen molar-refractivity contribution < 1.29 is 13.2 Å². The first-order chi connectivity index (χ1) is 9.54. The van der Waals surface area contributed by atoms with Gasteiger partial charge in [0, 0.05) is 26.3 Å². The van der Waals surface area contributed by atoms with Gasteiger partial charge in [-0.3, -0.25) is 5.10 Å². The van der Waals surface area contributed by atoms with Gasteiger partial charge in [-0.1, -0.05) is 0 Å². The van der Waals surface area contributed by atoms with Crippen molar-refractivity contribution in [2.24, 2.45) is 5.92 Å². The number of hydrogen-bond donors (Lipinski definition) is 3. The predicted molar refractivity (Wildman–Crippen MR) is 74.8 cm³/mol. The summed E-state index contributed by atoms with van der Waals surface area (Å²) in [7, 11) is -1.76. The molecule has 0 saturated carbocycles. The normalized spacial score (nSPS) is 17.5. The fraction of sp³-hybridized carbons (Fsp3) is 0.750. The molecule has 1 aromatic heterocycles. The van der Waals surface area contributed by atoms with Gasteiger partial charge in [0.15, 0.2) is 0 Å². The van der Waals surface area contributed by atoms with E-state index < -0.39 is 10.0 Å². The van der Waals surface area contributed by atoms with Gasteiger partial charge in [0.05, 0.1) is 11.4 Å². The maximum Gasteiger partial charge on any atom is 0.244 e. The van der Waals surface area contributed by atoms with Crippen molar-refractivity contribution in [1.29, 1.82) is 0 Å². The van der Waals surface area contributed by atoms with E-state index in [1.165, 1.54) is 0 Å². The lowest BCUT2D eigenvalue weighted by Crippen LogP contribution is -2.33. The summed E-state index contributed by atoms with van der Waals surface area (Å²) in [5, 5.41) is 9.70. The highest BCUT2D eigenvalue weighted by molar-refractivity contribution is 7.89. The van der Waals surface area contributed by atoms with Gasteiger partial charge in [-0.15, -0.1) is 0 Å². The van der Waals surface area contributed by atoms with Gasteiger partial charge in [-0.25, -0.2) is 13.1 Å². The Balaban J connectivity index is 2.07. The van der Waals surface area contributed by atoms with Crippen molar-refractivity contribution in [2.45, 2.75) is 31.2 Å². The smallest absolute Gasteiger partial charge is 0.244 e. The lowest BCUT2D eigenvalue weighted by atomic mass is 10.0. The van der Waals surface area contributed by atoms with Gasteiger partial charge in [0.1, 0.15) is 4.90 Å². The van der Waals surface area contributed by atoms with Crippen LogP contribution in [0.4, 0.5) is 0 Å². The monoisotopic (exact) mass is 302 g/mol. The standard InChI is InChI=1S/C12H22N4O3S/c1-9-12(11(8-13-2)16-15-9)20(17,18)14-7-10-3-5-19-6-4-10/h10,13-14H,3-8H2,1-2H3,(H,15,16). The first-order valence-corrected chi connectivity index (χ1v) is 8.28. The Bertz CT molecular complexity index is 535. The van der Waals surface area contributed by atoms with E-state index >= 15 is 0 Å². The highest BCUT2D eigenvalue weighted by atomic mass is 32.2. The van der Waals surface area contributed by atoms with Crippen LogP contribution in [-0.2, 0) is 21.3 Å². The maximum absolute atomic E-state index is 12.4. The van der Waals surface area contributed by atoms with Crippen LogP contribution in [0.25, 0.3) is 0 Å². The number of sulfonamides is 1. The number of nitrogens with one attached hydrogen (secondary N) is 3. The topological polar surface area (TPSA) is 96.1 Å². The second-order valence-corrected chi connectivity index (χ2v) is 6.77. The van der Waals surface area contributed by atoms with Gasteiger partial charge in [0.25, 0.3) is 0 Å². The zero-order chi connectivity index (χ0) is 14.6. The van der Waals surface area contributed by atoms with Crippen molar-refractivity contribution in [2.75, 3.05) is 26.8 Å². The minimum absolute atomic E-state index is 0.263. The molecule has 8 heteroatoms. The molecular formula is C12H22N4O3S. The van der Waals surface area contributed by atoms with E-state index in [0.717, 1.165) is 12.8 Å². The minimum Gasteiger partial charge on any atom is -0.381 e. The molecule has 7 nitrogen and oxygen atoms in total. The second-order valence-electron chi connectivity index (χ2n) is 5.06. The molecule has 1 aliphatic rings. The van der Waals surface area contributed by atoms with Crippen LogP contribution in [0.5, 0.6) is 0 Å². The molecule has 0 radical (unpaired) electrons. The van der Waals surface area contributed by atoms with E-state index in [9.17, 15) is 8.42 Å². The molecule has 1 aromatic rings. The van der Waals surface area contributed by atoms with Crippen molar-refractivity contribution in [3.05, 3.63) is 11.4 Å². The molecule has 0 aliphatic carbocycles. The van der Waals surface area contributed by atoms with Crippen LogP contribution in [0, 0.1) is 12.8 Å². The van der Waals surface area contributed by atoms with Crippen LogP contribution in [0.3, 0.4) is 0 Å². The molecule has 1 fully saturated rings. The van der Waals surface area contributed by atoms with Gasteiger partial charge in [-0.2, -0.15) is 5.10 Å². The van der Waals surface area contributed by atoms with Crippen LogP contribution in [0.1, 0.15) is 24.2 Å². The average molecular weight is 302 g/mol. The molecule has 0 unspecified atom stereocenters. The van der Waals surface area contributed by atoms with Gasteiger partial charge in [0.2, 0.25) is 10.0 Å². The van der Waals surface area contributed by atoms with E-state index in [0.29, 0.717) is 43.6 Å². The highest BCUT2D eigenvalue weighted by Crippen LogP contribution is 2.19. The molecule has 114 valence electrons. The molecule has 0 atom stereocenters. The predicted octanol–water partition coefficient (Wildman–Crippen LogP) is 0.142. The quantitative estimate of drug-likeness (QED) is 0.695. The summed E-state index contributed by atoms with van der Waals surface area (Å²) >= 11 is 0. The van der Waals surface area contributed by atoms with Crippen molar-refractivity contribution in [1.82, 2.24) is 20.2 Å². The molecular weight excluding hydrogens is 280 g/mol. The Hall–Kier alpha value is -0.960. The molecule has 20 heavy (non-hydrogen) atoms. The number of ether oxygens (including phenoxy) is 1. The van der Waals surface area contributed by atoms with Crippen molar-refractivity contribution >= 4 is 10.0 Å². The molecule has 1 saturated heterocycles. The van der Waals surface area contributed by atoms with Crippen LogP contribution in [0.15, 0.2) is 4.90 Å². The summed E-state index contributed by atoms with van der Waals surface area (Å²) in [6.07, 6.45) is 1.80. The summed E-state index contributed by atoms with van der Waals surface area (Å²) in [4.78, 5) is 0.263. The Morgan fingerprint density at radius 3 is 2.75 bits per heavy atom. The summed E-state index contributed by atoms with van der Waals surface area (Å²) in [5.74, 6) is 0.346. The Kier molecular flexibility index (Phi) is 5.14. The summed E-state index contributed by atoms with van der Waals surface area (Å²) in [5.41, 5.74) is 1.08. The number of hydrogen-bond acceptors (Lipinski definition) is 5. The molecule has 1 aliphatic heterocycles. The summed E-state index contributed by atoms with van der Waals surface area (Å²) < 4.78 is 32.8. The zero-order valence-electron chi connectivity index (χ0n) is 11.9. The van der Waals surface area contributed by atoms with Crippen LogP contribution in [0.2, 0.25) is 0 Å². The number of rotatable bonds is 6. The molecule has 0 spiro atoms. The molecule has 2 rings (SSSR count). The van der Waals surface area contributed by atoms with Crippen LogP contribution in [-0.4, -0.2) is 45.4 Å². The van der Waals surface area contributed by atoms with E-state index in [1.807, 2.05) is 0 Å². The van der Waals surface area contributed by atoms with E-state index in [-0.39, 0.29) is 4.90 Å². The lowest BCUT2D eigenvalue weighted by Gasteiger charge is -2.22.